The van der Waals surface area contributed by atoms with E-state index in [2.05, 4.69) is 0 Å². The molecule has 3 heteroatoms. The summed E-state index contributed by atoms with van der Waals surface area (Å²) in [6, 6.07) is 7.28. The average molecular weight is 184 g/mol. The normalized spacial score (nSPS) is 9.83. The second-order valence-electron chi connectivity index (χ2n) is 2.51. The van der Waals surface area contributed by atoms with Crippen LogP contribution in [-0.2, 0) is 11.2 Å². The molecule has 64 valence electrons. The molecule has 0 fully saturated rings. The highest BCUT2D eigenvalue weighted by atomic mass is 35.5. The standard InChI is InChI=1S/C9H10ClNO/c10-9-4-2-1-3-7(9)5-8(12)6-11/h1-4H,5-6,11H2. The van der Waals surface area contributed by atoms with Crippen LogP contribution in [0.4, 0.5) is 0 Å². The molecule has 0 amide bonds. The first-order chi connectivity index (χ1) is 5.74. The molecule has 0 atom stereocenters. The first-order valence-corrected chi connectivity index (χ1v) is 4.07. The van der Waals surface area contributed by atoms with Crippen LogP contribution in [0.3, 0.4) is 0 Å². The third kappa shape index (κ3) is 2.32. The van der Waals surface area contributed by atoms with Crippen molar-refractivity contribution < 1.29 is 4.79 Å². The number of carbonyl (C=O) groups is 1. The van der Waals surface area contributed by atoms with Gasteiger partial charge in [0.25, 0.3) is 0 Å². The summed E-state index contributed by atoms with van der Waals surface area (Å²) in [5, 5.41) is 0.624. The number of benzene rings is 1. The Balaban J connectivity index is 2.75. The number of nitrogens with two attached hydrogens (primary N) is 1. The Bertz CT molecular complexity index is 286. The van der Waals surface area contributed by atoms with Gasteiger partial charge >= 0.3 is 0 Å². The highest BCUT2D eigenvalue weighted by molar-refractivity contribution is 6.31. The fourth-order valence-corrected chi connectivity index (χ4v) is 1.13. The molecule has 0 bridgehead atoms. The summed E-state index contributed by atoms with van der Waals surface area (Å²) in [5.41, 5.74) is 6.02. The van der Waals surface area contributed by atoms with Crippen molar-refractivity contribution >= 4 is 17.4 Å². The van der Waals surface area contributed by atoms with Crippen molar-refractivity contribution in [2.45, 2.75) is 6.42 Å². The van der Waals surface area contributed by atoms with E-state index in [0.717, 1.165) is 5.56 Å². The van der Waals surface area contributed by atoms with Crippen LogP contribution in [0.15, 0.2) is 24.3 Å². The minimum Gasteiger partial charge on any atom is -0.324 e. The summed E-state index contributed by atoms with van der Waals surface area (Å²) in [7, 11) is 0. The summed E-state index contributed by atoms with van der Waals surface area (Å²) in [5.74, 6) is 0.00287. The van der Waals surface area contributed by atoms with Gasteiger partial charge in [0.15, 0.2) is 5.78 Å². The fraction of sp³-hybridized carbons (Fsp3) is 0.222. The lowest BCUT2D eigenvalue weighted by molar-refractivity contribution is -0.117. The second kappa shape index (κ2) is 4.24. The Kier molecular flexibility index (Phi) is 3.26. The SMILES string of the molecule is NCC(=O)Cc1ccccc1Cl. The van der Waals surface area contributed by atoms with Crippen LogP contribution in [0.2, 0.25) is 5.02 Å². The van der Waals surface area contributed by atoms with E-state index in [0.29, 0.717) is 11.4 Å². The molecule has 0 heterocycles. The van der Waals surface area contributed by atoms with Gasteiger partial charge in [0.05, 0.1) is 6.54 Å². The Labute approximate surface area is 76.3 Å². The van der Waals surface area contributed by atoms with E-state index in [9.17, 15) is 4.79 Å². The molecule has 0 aliphatic carbocycles. The van der Waals surface area contributed by atoms with Gasteiger partial charge in [-0.1, -0.05) is 29.8 Å². The lowest BCUT2D eigenvalue weighted by Crippen LogP contribution is -2.15. The van der Waals surface area contributed by atoms with Gasteiger partial charge in [0.2, 0.25) is 0 Å². The van der Waals surface area contributed by atoms with Gasteiger partial charge in [-0.3, -0.25) is 4.79 Å². The molecule has 0 saturated heterocycles. The molecule has 1 aromatic rings. The van der Waals surface area contributed by atoms with Gasteiger partial charge < -0.3 is 5.73 Å². The average Bonchev–Trinajstić information content (AvgIpc) is 2.09. The van der Waals surface area contributed by atoms with Crippen molar-refractivity contribution in [1.82, 2.24) is 0 Å². The van der Waals surface area contributed by atoms with E-state index in [1.165, 1.54) is 0 Å². The summed E-state index contributed by atoms with van der Waals surface area (Å²) in [6.07, 6.45) is 0.330. The molecule has 0 aromatic heterocycles. The van der Waals surface area contributed by atoms with Gasteiger partial charge in [-0.05, 0) is 11.6 Å². The Morgan fingerprint density at radius 2 is 2.08 bits per heavy atom. The maximum absolute atomic E-state index is 10.9. The molecular formula is C9H10ClNO. The fourth-order valence-electron chi connectivity index (χ4n) is 0.926. The van der Waals surface area contributed by atoms with E-state index >= 15 is 0 Å². The molecule has 0 radical (unpaired) electrons. The number of hydrogen-bond acceptors (Lipinski definition) is 2. The molecule has 0 aliphatic heterocycles. The summed E-state index contributed by atoms with van der Waals surface area (Å²) >= 11 is 5.83. The molecule has 0 saturated carbocycles. The largest absolute Gasteiger partial charge is 0.324 e. The van der Waals surface area contributed by atoms with Gasteiger partial charge in [0, 0.05) is 11.4 Å². The van der Waals surface area contributed by atoms with E-state index < -0.39 is 0 Å². The highest BCUT2D eigenvalue weighted by Gasteiger charge is 2.03. The first-order valence-electron chi connectivity index (χ1n) is 3.69. The molecule has 2 N–H and O–H groups in total. The number of halogens is 1. The Morgan fingerprint density at radius 3 is 2.67 bits per heavy atom. The lowest BCUT2D eigenvalue weighted by Gasteiger charge is -2.00. The molecule has 1 rings (SSSR count). The number of rotatable bonds is 3. The maximum atomic E-state index is 10.9. The molecule has 2 nitrogen and oxygen atoms in total. The number of Topliss-reactive ketones (excluding diaryl/α,β-unsaturated/α-hetero) is 1. The van der Waals surface area contributed by atoms with Gasteiger partial charge in [-0.25, -0.2) is 0 Å². The van der Waals surface area contributed by atoms with Crippen LogP contribution < -0.4 is 5.73 Å². The predicted octanol–water partition coefficient (Wildman–Crippen LogP) is 1.41. The van der Waals surface area contributed by atoms with Crippen molar-refractivity contribution in [2.75, 3.05) is 6.54 Å². The lowest BCUT2D eigenvalue weighted by atomic mass is 10.1. The van der Waals surface area contributed by atoms with Crippen molar-refractivity contribution in [2.24, 2.45) is 5.73 Å². The minimum atomic E-state index is 0.00287. The zero-order valence-corrected chi connectivity index (χ0v) is 7.34. The van der Waals surface area contributed by atoms with Crippen LogP contribution >= 0.6 is 11.6 Å². The van der Waals surface area contributed by atoms with Crippen molar-refractivity contribution in [1.29, 1.82) is 0 Å². The number of ketones is 1. The van der Waals surface area contributed by atoms with E-state index in [1.54, 1.807) is 6.07 Å². The molecule has 0 aliphatic rings. The topological polar surface area (TPSA) is 43.1 Å². The summed E-state index contributed by atoms with van der Waals surface area (Å²) in [6.45, 7) is 0.0746. The monoisotopic (exact) mass is 183 g/mol. The van der Waals surface area contributed by atoms with Crippen LogP contribution in [0.25, 0.3) is 0 Å². The van der Waals surface area contributed by atoms with Crippen LogP contribution in [0, 0.1) is 0 Å². The third-order valence-electron chi connectivity index (χ3n) is 1.57. The van der Waals surface area contributed by atoms with Crippen LogP contribution in [-0.4, -0.2) is 12.3 Å². The zero-order valence-electron chi connectivity index (χ0n) is 6.59. The summed E-state index contributed by atoms with van der Waals surface area (Å²) in [4.78, 5) is 10.9. The van der Waals surface area contributed by atoms with E-state index in [-0.39, 0.29) is 12.3 Å². The molecule has 1 aromatic carbocycles. The van der Waals surface area contributed by atoms with E-state index in [1.807, 2.05) is 18.2 Å². The quantitative estimate of drug-likeness (QED) is 0.770. The molecule has 12 heavy (non-hydrogen) atoms. The van der Waals surface area contributed by atoms with Gasteiger partial charge in [-0.15, -0.1) is 0 Å². The van der Waals surface area contributed by atoms with Crippen molar-refractivity contribution in [3.8, 4) is 0 Å². The van der Waals surface area contributed by atoms with Gasteiger partial charge in [0.1, 0.15) is 0 Å². The molecule has 0 unspecified atom stereocenters. The second-order valence-corrected chi connectivity index (χ2v) is 2.92. The van der Waals surface area contributed by atoms with Crippen molar-refractivity contribution in [3.63, 3.8) is 0 Å². The summed E-state index contributed by atoms with van der Waals surface area (Å²) < 4.78 is 0. The Hall–Kier alpha value is -0.860. The number of hydrogen-bond donors (Lipinski definition) is 1. The first kappa shape index (κ1) is 9.23. The van der Waals surface area contributed by atoms with Crippen LogP contribution in [0.5, 0.6) is 0 Å². The Morgan fingerprint density at radius 1 is 1.42 bits per heavy atom. The third-order valence-corrected chi connectivity index (χ3v) is 1.94. The molecule has 0 spiro atoms. The highest BCUT2D eigenvalue weighted by Crippen LogP contribution is 2.15. The molecular weight excluding hydrogens is 174 g/mol. The smallest absolute Gasteiger partial charge is 0.150 e. The zero-order chi connectivity index (χ0) is 8.97. The predicted molar refractivity (Wildman–Crippen MR) is 49.2 cm³/mol. The maximum Gasteiger partial charge on any atom is 0.150 e. The number of carbonyl (C=O) groups excluding carboxylic acids is 1. The minimum absolute atomic E-state index is 0.00287. The van der Waals surface area contributed by atoms with Gasteiger partial charge in [-0.2, -0.15) is 0 Å². The van der Waals surface area contributed by atoms with Crippen molar-refractivity contribution in [3.05, 3.63) is 34.9 Å². The van der Waals surface area contributed by atoms with E-state index in [4.69, 9.17) is 17.3 Å². The van der Waals surface area contributed by atoms with Crippen LogP contribution in [0.1, 0.15) is 5.56 Å².